The molecular weight excluding hydrogens is 184 g/mol. The maximum Gasteiger partial charge on any atom is 0.0540 e. The Morgan fingerprint density at radius 3 is 2.60 bits per heavy atom. The van der Waals surface area contributed by atoms with Crippen molar-refractivity contribution in [2.24, 2.45) is 0 Å². The minimum Gasteiger partial charge on any atom is -0.393 e. The van der Waals surface area contributed by atoms with Crippen LogP contribution in [0.25, 0.3) is 0 Å². The van der Waals surface area contributed by atoms with Crippen LogP contribution in [0.15, 0.2) is 12.2 Å². The molecule has 0 aromatic rings. The third kappa shape index (κ3) is 10.3. The van der Waals surface area contributed by atoms with Gasteiger partial charge in [0.25, 0.3) is 0 Å². The first-order valence-corrected chi connectivity index (χ1v) is 5.06. The highest BCUT2D eigenvalue weighted by atomic mass is 16.3. The summed E-state index contributed by atoms with van der Waals surface area (Å²) in [5.74, 6) is 15.9. The second-order valence-electron chi connectivity index (χ2n) is 2.94. The number of hydrogen-bond acceptors (Lipinski definition) is 1. The van der Waals surface area contributed by atoms with Gasteiger partial charge in [0.2, 0.25) is 0 Å². The van der Waals surface area contributed by atoms with Crippen molar-refractivity contribution in [3.63, 3.8) is 0 Å². The molecule has 0 aromatic heterocycles. The van der Waals surface area contributed by atoms with Gasteiger partial charge in [-0.1, -0.05) is 24.8 Å². The summed E-state index contributed by atoms with van der Waals surface area (Å²) in [6.45, 7) is 3.71. The van der Waals surface area contributed by atoms with Crippen LogP contribution >= 0.6 is 0 Å². The van der Waals surface area contributed by atoms with Crippen molar-refractivity contribution >= 4 is 0 Å². The van der Waals surface area contributed by atoms with Gasteiger partial charge < -0.3 is 5.11 Å². The molecule has 0 rings (SSSR count). The fourth-order valence-electron chi connectivity index (χ4n) is 0.838. The molecule has 0 aliphatic rings. The molecule has 0 spiro atoms. The van der Waals surface area contributed by atoms with Crippen LogP contribution in [0.5, 0.6) is 0 Å². The zero-order valence-corrected chi connectivity index (χ0v) is 9.30. The highest BCUT2D eigenvalue weighted by Crippen LogP contribution is 2.00. The van der Waals surface area contributed by atoms with E-state index in [0.717, 1.165) is 19.3 Å². The van der Waals surface area contributed by atoms with Crippen molar-refractivity contribution in [1.82, 2.24) is 0 Å². The van der Waals surface area contributed by atoms with Crippen molar-refractivity contribution in [1.29, 1.82) is 0 Å². The SMILES string of the molecule is CC#CC#CC#CC=CCCC(O)CC. The van der Waals surface area contributed by atoms with E-state index in [2.05, 4.69) is 35.5 Å². The van der Waals surface area contributed by atoms with E-state index in [1.165, 1.54) is 0 Å². The van der Waals surface area contributed by atoms with Gasteiger partial charge >= 0.3 is 0 Å². The van der Waals surface area contributed by atoms with Gasteiger partial charge in [-0.3, -0.25) is 0 Å². The molecule has 0 bridgehead atoms. The smallest absolute Gasteiger partial charge is 0.0540 e. The maximum absolute atomic E-state index is 9.25. The molecule has 0 fully saturated rings. The molecule has 0 saturated carbocycles. The lowest BCUT2D eigenvalue weighted by Gasteiger charge is -2.02. The van der Waals surface area contributed by atoms with Crippen molar-refractivity contribution in [2.45, 2.75) is 39.2 Å². The van der Waals surface area contributed by atoms with Crippen LogP contribution in [0.4, 0.5) is 0 Å². The minimum atomic E-state index is -0.192. The molecule has 1 atom stereocenters. The average Bonchev–Trinajstić information content (AvgIpc) is 2.26. The molecule has 0 saturated heterocycles. The Kier molecular flexibility index (Phi) is 9.33. The predicted molar refractivity (Wildman–Crippen MR) is 63.7 cm³/mol. The quantitative estimate of drug-likeness (QED) is 0.689. The summed E-state index contributed by atoms with van der Waals surface area (Å²) in [7, 11) is 0. The van der Waals surface area contributed by atoms with E-state index in [1.54, 1.807) is 13.0 Å². The first kappa shape index (κ1) is 13.4. The highest BCUT2D eigenvalue weighted by molar-refractivity contribution is 5.37. The zero-order valence-electron chi connectivity index (χ0n) is 9.30. The lowest BCUT2D eigenvalue weighted by molar-refractivity contribution is 0.161. The summed E-state index contributed by atoms with van der Waals surface area (Å²) in [5, 5.41) is 9.25. The van der Waals surface area contributed by atoms with Crippen LogP contribution in [0.1, 0.15) is 33.1 Å². The average molecular weight is 200 g/mol. The summed E-state index contributed by atoms with van der Waals surface area (Å²) in [6.07, 6.45) is 5.96. The van der Waals surface area contributed by atoms with Gasteiger partial charge in [0, 0.05) is 0 Å². The van der Waals surface area contributed by atoms with Gasteiger partial charge in [-0.05, 0) is 55.9 Å². The topological polar surface area (TPSA) is 20.2 Å². The second-order valence-corrected chi connectivity index (χ2v) is 2.94. The van der Waals surface area contributed by atoms with E-state index < -0.39 is 0 Å². The fourth-order valence-corrected chi connectivity index (χ4v) is 0.838. The van der Waals surface area contributed by atoms with E-state index in [1.807, 2.05) is 13.0 Å². The number of rotatable bonds is 4. The summed E-state index contributed by atoms with van der Waals surface area (Å²) >= 11 is 0. The largest absolute Gasteiger partial charge is 0.393 e. The van der Waals surface area contributed by atoms with Gasteiger partial charge in [0.15, 0.2) is 0 Å². The lowest BCUT2D eigenvalue weighted by atomic mass is 10.1. The first-order valence-electron chi connectivity index (χ1n) is 5.06. The predicted octanol–water partition coefficient (Wildman–Crippen LogP) is 2.12. The minimum absolute atomic E-state index is 0.192. The van der Waals surface area contributed by atoms with E-state index in [-0.39, 0.29) is 6.10 Å². The van der Waals surface area contributed by atoms with Crippen molar-refractivity contribution in [3.05, 3.63) is 12.2 Å². The molecule has 0 heterocycles. The summed E-state index contributed by atoms with van der Waals surface area (Å²) in [5.41, 5.74) is 0. The van der Waals surface area contributed by atoms with Crippen LogP contribution in [-0.4, -0.2) is 11.2 Å². The third-order valence-electron chi connectivity index (χ3n) is 1.72. The number of aliphatic hydroxyl groups excluding tert-OH is 1. The van der Waals surface area contributed by atoms with E-state index in [0.29, 0.717) is 0 Å². The Labute approximate surface area is 92.6 Å². The number of allylic oxidation sites excluding steroid dienone is 2. The first-order chi connectivity index (χ1) is 7.31. The van der Waals surface area contributed by atoms with Crippen molar-refractivity contribution in [2.75, 3.05) is 0 Å². The molecule has 15 heavy (non-hydrogen) atoms. The van der Waals surface area contributed by atoms with Crippen molar-refractivity contribution in [3.8, 4) is 35.5 Å². The van der Waals surface area contributed by atoms with Gasteiger partial charge in [-0.2, -0.15) is 0 Å². The van der Waals surface area contributed by atoms with Crippen LogP contribution in [0.2, 0.25) is 0 Å². The van der Waals surface area contributed by atoms with Gasteiger partial charge in [0.05, 0.1) is 6.10 Å². The fraction of sp³-hybridized carbons (Fsp3) is 0.429. The van der Waals surface area contributed by atoms with E-state index in [4.69, 9.17) is 0 Å². The molecule has 0 radical (unpaired) electrons. The second kappa shape index (κ2) is 10.5. The molecule has 78 valence electrons. The van der Waals surface area contributed by atoms with Crippen LogP contribution < -0.4 is 0 Å². The molecule has 1 nitrogen and oxygen atoms in total. The summed E-state index contributed by atoms with van der Waals surface area (Å²) < 4.78 is 0. The normalized spacial score (nSPS) is 10.3. The third-order valence-corrected chi connectivity index (χ3v) is 1.72. The molecule has 1 heteroatoms. The van der Waals surface area contributed by atoms with Crippen LogP contribution in [0.3, 0.4) is 0 Å². The molecule has 0 amide bonds. The zero-order chi connectivity index (χ0) is 11.4. The van der Waals surface area contributed by atoms with Gasteiger partial charge in [-0.25, -0.2) is 0 Å². The lowest BCUT2D eigenvalue weighted by Crippen LogP contribution is -2.02. The number of aliphatic hydroxyl groups is 1. The molecule has 0 aromatic carbocycles. The Morgan fingerprint density at radius 2 is 1.93 bits per heavy atom. The van der Waals surface area contributed by atoms with Crippen molar-refractivity contribution < 1.29 is 5.11 Å². The highest BCUT2D eigenvalue weighted by Gasteiger charge is 1.96. The standard InChI is InChI=1S/C14H16O/c1-3-5-6-7-8-9-10-11-12-13-14(15)4-2/h10-11,14-15H,4,12-13H2,1-2H3. The summed E-state index contributed by atoms with van der Waals surface area (Å²) in [6, 6.07) is 0. The monoisotopic (exact) mass is 200 g/mol. The summed E-state index contributed by atoms with van der Waals surface area (Å²) in [4.78, 5) is 0. The molecular formula is C14H16O. The van der Waals surface area contributed by atoms with Crippen LogP contribution in [0, 0.1) is 35.5 Å². The Bertz CT molecular complexity index is 357. The Morgan fingerprint density at radius 1 is 1.20 bits per heavy atom. The molecule has 0 aliphatic carbocycles. The maximum atomic E-state index is 9.25. The van der Waals surface area contributed by atoms with E-state index in [9.17, 15) is 5.11 Å². The molecule has 1 unspecified atom stereocenters. The van der Waals surface area contributed by atoms with E-state index >= 15 is 0 Å². The Balaban J connectivity index is 3.70. The molecule has 1 N–H and O–H groups in total. The van der Waals surface area contributed by atoms with Gasteiger partial charge in [-0.15, -0.1) is 0 Å². The van der Waals surface area contributed by atoms with Crippen LogP contribution in [-0.2, 0) is 0 Å². The number of hydrogen-bond donors (Lipinski definition) is 1. The van der Waals surface area contributed by atoms with Gasteiger partial charge in [0.1, 0.15) is 0 Å². The molecule has 0 aliphatic heterocycles. The Hall–Kier alpha value is -1.62.